The minimum atomic E-state index is -0.337. The molecule has 6 heteroatoms. The van der Waals surface area contributed by atoms with E-state index in [1.165, 1.54) is 28.2 Å². The molecule has 1 saturated heterocycles. The van der Waals surface area contributed by atoms with Gasteiger partial charge < -0.3 is 19.5 Å². The Bertz CT molecular complexity index is 1090. The van der Waals surface area contributed by atoms with E-state index in [0.29, 0.717) is 31.9 Å². The number of rotatable bonds is 4. The molecule has 2 aromatic carbocycles. The highest BCUT2D eigenvalue weighted by Crippen LogP contribution is 2.35. The Morgan fingerprint density at radius 1 is 0.933 bits per heavy atom. The van der Waals surface area contributed by atoms with Gasteiger partial charge >= 0.3 is 0 Å². The van der Waals surface area contributed by atoms with Crippen molar-refractivity contribution in [2.24, 2.45) is 0 Å². The Kier molecular flexibility index (Phi) is 4.69. The molecule has 0 radical (unpaired) electrons. The number of hydrogen-bond donors (Lipinski definition) is 1. The van der Waals surface area contributed by atoms with Crippen molar-refractivity contribution < 1.29 is 14.0 Å². The number of piperazine rings is 1. The highest BCUT2D eigenvalue weighted by Gasteiger charge is 2.28. The number of amides is 2. The quantitative estimate of drug-likeness (QED) is 0.726. The molecule has 2 aliphatic rings. The number of furan rings is 1. The van der Waals surface area contributed by atoms with Gasteiger partial charge in [0.1, 0.15) is 6.04 Å². The topological polar surface area (TPSA) is 65.8 Å². The highest BCUT2D eigenvalue weighted by molar-refractivity contribution is 6.00. The fraction of sp³-hybridized carbons (Fsp3) is 0.333. The third kappa shape index (κ3) is 3.22. The monoisotopic (exact) mass is 403 g/mol. The Morgan fingerprint density at radius 3 is 2.40 bits per heavy atom. The van der Waals surface area contributed by atoms with E-state index in [0.717, 1.165) is 18.5 Å². The Morgan fingerprint density at radius 2 is 1.67 bits per heavy atom. The van der Waals surface area contributed by atoms with Crippen LogP contribution < -0.4 is 5.32 Å². The first-order valence-electron chi connectivity index (χ1n) is 10.5. The molecular weight excluding hydrogens is 378 g/mol. The molecule has 5 rings (SSSR count). The molecule has 1 atom stereocenters. The van der Waals surface area contributed by atoms with Crippen molar-refractivity contribution in [2.75, 3.05) is 31.5 Å². The molecule has 154 valence electrons. The van der Waals surface area contributed by atoms with Crippen molar-refractivity contribution >= 4 is 28.3 Å². The van der Waals surface area contributed by atoms with Crippen molar-refractivity contribution in [3.05, 3.63) is 65.6 Å². The first kappa shape index (κ1) is 18.7. The summed E-state index contributed by atoms with van der Waals surface area (Å²) in [4.78, 5) is 29.0. The minimum Gasteiger partial charge on any atom is -0.459 e. The molecular formula is C24H25N3O3. The number of nitrogens with zero attached hydrogens (tertiary/aromatic N) is 2. The van der Waals surface area contributed by atoms with Gasteiger partial charge in [-0.2, -0.15) is 0 Å². The molecule has 0 saturated carbocycles. The third-order valence-corrected chi connectivity index (χ3v) is 6.23. The SMILES string of the molecule is CC(Nc1ccc2c3c(cccc13)CC2)C(=O)N1CCN(C(=O)c2ccco2)CC1. The molecule has 1 fully saturated rings. The van der Waals surface area contributed by atoms with Crippen LogP contribution in [0.1, 0.15) is 28.6 Å². The number of benzene rings is 2. The molecule has 0 bridgehead atoms. The Labute approximate surface area is 175 Å². The first-order valence-corrected chi connectivity index (χ1v) is 10.5. The van der Waals surface area contributed by atoms with E-state index in [-0.39, 0.29) is 17.9 Å². The van der Waals surface area contributed by atoms with Crippen LogP contribution in [0.2, 0.25) is 0 Å². The first-order chi connectivity index (χ1) is 14.6. The zero-order valence-electron chi connectivity index (χ0n) is 17.1. The number of carbonyl (C=O) groups is 2. The van der Waals surface area contributed by atoms with Crippen LogP contribution in [0.3, 0.4) is 0 Å². The number of aryl methyl sites for hydroxylation is 2. The number of hydrogen-bond acceptors (Lipinski definition) is 4. The van der Waals surface area contributed by atoms with Crippen LogP contribution in [0.4, 0.5) is 5.69 Å². The fourth-order valence-corrected chi connectivity index (χ4v) is 4.63. The maximum Gasteiger partial charge on any atom is 0.289 e. The fourth-order valence-electron chi connectivity index (χ4n) is 4.63. The lowest BCUT2D eigenvalue weighted by Gasteiger charge is -2.35. The predicted octanol–water partition coefficient (Wildman–Crippen LogP) is 3.32. The molecule has 1 aromatic heterocycles. The van der Waals surface area contributed by atoms with E-state index in [1.807, 2.05) is 11.8 Å². The van der Waals surface area contributed by atoms with Gasteiger partial charge in [-0.3, -0.25) is 9.59 Å². The standard InChI is InChI=1S/C24H25N3O3/c1-16(25-20-10-9-18-8-7-17-4-2-5-19(20)22(17)18)23(28)26-11-13-27(14-12-26)24(29)21-6-3-15-30-21/h2-6,9-10,15-16,25H,7-8,11-14H2,1H3. The summed E-state index contributed by atoms with van der Waals surface area (Å²) in [5.74, 6) is 0.284. The zero-order chi connectivity index (χ0) is 20.7. The van der Waals surface area contributed by atoms with Crippen molar-refractivity contribution in [3.63, 3.8) is 0 Å². The summed E-state index contributed by atoms with van der Waals surface area (Å²) in [5, 5.41) is 5.96. The Balaban J connectivity index is 1.25. The van der Waals surface area contributed by atoms with Crippen LogP contribution in [-0.2, 0) is 17.6 Å². The molecule has 0 spiro atoms. The van der Waals surface area contributed by atoms with E-state index in [4.69, 9.17) is 4.42 Å². The van der Waals surface area contributed by atoms with Crippen LogP contribution in [0, 0.1) is 0 Å². The summed E-state index contributed by atoms with van der Waals surface area (Å²) < 4.78 is 5.20. The van der Waals surface area contributed by atoms with Crippen molar-refractivity contribution in [1.29, 1.82) is 0 Å². The Hall–Kier alpha value is -3.28. The summed E-state index contributed by atoms with van der Waals surface area (Å²) in [6.07, 6.45) is 3.68. The number of anilines is 1. The summed E-state index contributed by atoms with van der Waals surface area (Å²) >= 11 is 0. The number of nitrogens with one attached hydrogen (secondary N) is 1. The second-order valence-electron chi connectivity index (χ2n) is 8.07. The van der Waals surface area contributed by atoms with Crippen molar-refractivity contribution in [2.45, 2.75) is 25.8 Å². The third-order valence-electron chi connectivity index (χ3n) is 6.23. The molecule has 30 heavy (non-hydrogen) atoms. The summed E-state index contributed by atoms with van der Waals surface area (Å²) in [6, 6.07) is 13.7. The molecule has 2 amide bonds. The zero-order valence-corrected chi connectivity index (χ0v) is 17.1. The molecule has 1 N–H and O–H groups in total. The van der Waals surface area contributed by atoms with E-state index in [1.54, 1.807) is 17.0 Å². The highest BCUT2D eigenvalue weighted by atomic mass is 16.3. The molecule has 1 aliphatic carbocycles. The lowest BCUT2D eigenvalue weighted by Crippen LogP contribution is -2.53. The molecule has 6 nitrogen and oxygen atoms in total. The van der Waals surface area contributed by atoms with E-state index in [9.17, 15) is 9.59 Å². The van der Waals surface area contributed by atoms with Gasteiger partial charge in [-0.25, -0.2) is 0 Å². The van der Waals surface area contributed by atoms with Crippen LogP contribution in [0.5, 0.6) is 0 Å². The van der Waals surface area contributed by atoms with E-state index < -0.39 is 0 Å². The molecule has 3 aromatic rings. The average Bonchev–Trinajstić information content (AvgIpc) is 3.46. The maximum atomic E-state index is 13.0. The molecule has 2 heterocycles. The summed E-state index contributed by atoms with van der Waals surface area (Å²) in [7, 11) is 0. The lowest BCUT2D eigenvalue weighted by molar-refractivity contribution is -0.133. The minimum absolute atomic E-state index is 0.0587. The van der Waals surface area contributed by atoms with Gasteiger partial charge in [-0.1, -0.05) is 24.3 Å². The predicted molar refractivity (Wildman–Crippen MR) is 116 cm³/mol. The van der Waals surface area contributed by atoms with Gasteiger partial charge in [-0.15, -0.1) is 0 Å². The van der Waals surface area contributed by atoms with Gasteiger partial charge in [0.15, 0.2) is 5.76 Å². The summed E-state index contributed by atoms with van der Waals surface area (Å²) in [5.41, 5.74) is 3.79. The number of carbonyl (C=O) groups excluding carboxylic acids is 2. The van der Waals surface area contributed by atoms with Crippen molar-refractivity contribution in [3.8, 4) is 0 Å². The van der Waals surface area contributed by atoms with Crippen LogP contribution >= 0.6 is 0 Å². The van der Waals surface area contributed by atoms with Gasteiger partial charge in [-0.05, 0) is 54.5 Å². The van der Waals surface area contributed by atoms with Gasteiger partial charge in [0, 0.05) is 37.3 Å². The van der Waals surface area contributed by atoms with Crippen LogP contribution in [-0.4, -0.2) is 53.8 Å². The summed E-state index contributed by atoms with van der Waals surface area (Å²) in [6.45, 7) is 3.99. The molecule has 1 aliphatic heterocycles. The largest absolute Gasteiger partial charge is 0.459 e. The van der Waals surface area contributed by atoms with Crippen molar-refractivity contribution in [1.82, 2.24) is 9.80 Å². The normalized spacial score (nSPS) is 16.7. The second kappa shape index (κ2) is 7.52. The smallest absolute Gasteiger partial charge is 0.289 e. The van der Waals surface area contributed by atoms with E-state index in [2.05, 4.69) is 35.6 Å². The van der Waals surface area contributed by atoms with Crippen LogP contribution in [0.25, 0.3) is 10.8 Å². The van der Waals surface area contributed by atoms with Gasteiger partial charge in [0.25, 0.3) is 5.91 Å². The van der Waals surface area contributed by atoms with Gasteiger partial charge in [0.2, 0.25) is 5.91 Å². The maximum absolute atomic E-state index is 13.0. The second-order valence-corrected chi connectivity index (χ2v) is 8.07. The van der Waals surface area contributed by atoms with Gasteiger partial charge in [0.05, 0.1) is 6.26 Å². The van der Waals surface area contributed by atoms with Crippen LogP contribution in [0.15, 0.2) is 53.1 Å². The lowest BCUT2D eigenvalue weighted by atomic mass is 10.0. The van der Waals surface area contributed by atoms with E-state index >= 15 is 0 Å². The average molecular weight is 403 g/mol. The molecule has 1 unspecified atom stereocenters.